The van der Waals surface area contributed by atoms with Gasteiger partial charge in [-0.25, -0.2) is 4.98 Å². The Balaban J connectivity index is 1.54. The summed E-state index contributed by atoms with van der Waals surface area (Å²) in [4.78, 5) is 17.2. The fourth-order valence-electron chi connectivity index (χ4n) is 3.04. The Hall–Kier alpha value is -3.02. The number of anilines is 1. The molecule has 30 heavy (non-hydrogen) atoms. The maximum Gasteiger partial charge on any atom is 0.265 e. The van der Waals surface area contributed by atoms with E-state index in [-0.39, 0.29) is 5.91 Å². The third kappa shape index (κ3) is 4.13. The van der Waals surface area contributed by atoms with Gasteiger partial charge in [0.25, 0.3) is 5.91 Å². The molecule has 5 nitrogen and oxygen atoms in total. The Kier molecular flexibility index (Phi) is 5.66. The minimum absolute atomic E-state index is 0.307. The van der Waals surface area contributed by atoms with Crippen molar-refractivity contribution in [3.8, 4) is 17.2 Å². The SMILES string of the molecule is Cc1c(NC(=O)C(C)Oc2ccc(Cl)cc2Cl)cccc1-c1nc2ccccc2o1. The normalized spacial score (nSPS) is 12.0. The van der Waals surface area contributed by atoms with E-state index < -0.39 is 6.10 Å². The molecule has 152 valence electrons. The third-order valence-electron chi connectivity index (χ3n) is 4.68. The van der Waals surface area contributed by atoms with Crippen molar-refractivity contribution in [3.05, 3.63) is 76.3 Å². The molecule has 0 bridgehead atoms. The standard InChI is InChI=1S/C23H18Cl2N2O3/c1-13-16(23-27-19-7-3-4-9-21(19)30-23)6-5-8-18(13)26-22(28)14(2)29-20-11-10-15(24)12-17(20)25/h3-12,14H,1-2H3,(H,26,28). The zero-order valence-electron chi connectivity index (χ0n) is 16.3. The Morgan fingerprint density at radius 2 is 1.90 bits per heavy atom. The monoisotopic (exact) mass is 440 g/mol. The van der Waals surface area contributed by atoms with Gasteiger partial charge in [0.05, 0.1) is 5.02 Å². The van der Waals surface area contributed by atoms with E-state index in [1.54, 1.807) is 25.1 Å². The highest BCUT2D eigenvalue weighted by molar-refractivity contribution is 6.35. The number of hydrogen-bond acceptors (Lipinski definition) is 4. The number of halogens is 2. The number of para-hydroxylation sites is 2. The Morgan fingerprint density at radius 1 is 1.10 bits per heavy atom. The van der Waals surface area contributed by atoms with Crippen molar-refractivity contribution in [2.45, 2.75) is 20.0 Å². The first kappa shape index (κ1) is 20.3. The maximum absolute atomic E-state index is 12.7. The van der Waals surface area contributed by atoms with Gasteiger partial charge in [-0.3, -0.25) is 4.79 Å². The number of carbonyl (C=O) groups excluding carboxylic acids is 1. The first-order valence-corrected chi connectivity index (χ1v) is 10.1. The average molecular weight is 441 g/mol. The van der Waals surface area contributed by atoms with Crippen LogP contribution in [0, 0.1) is 6.92 Å². The lowest BCUT2D eigenvalue weighted by molar-refractivity contribution is -0.122. The van der Waals surface area contributed by atoms with Crippen LogP contribution in [0.5, 0.6) is 5.75 Å². The number of ether oxygens (including phenoxy) is 1. The second kappa shape index (κ2) is 8.38. The van der Waals surface area contributed by atoms with Crippen molar-refractivity contribution in [1.82, 2.24) is 4.98 Å². The van der Waals surface area contributed by atoms with Crippen LogP contribution in [0.3, 0.4) is 0 Å². The van der Waals surface area contributed by atoms with Crippen molar-refractivity contribution in [2.24, 2.45) is 0 Å². The summed E-state index contributed by atoms with van der Waals surface area (Å²) >= 11 is 12.0. The lowest BCUT2D eigenvalue weighted by Crippen LogP contribution is -2.30. The average Bonchev–Trinajstić information content (AvgIpc) is 3.15. The molecule has 0 aliphatic carbocycles. The summed E-state index contributed by atoms with van der Waals surface area (Å²) in [5.74, 6) is 0.585. The lowest BCUT2D eigenvalue weighted by atomic mass is 10.1. The van der Waals surface area contributed by atoms with Crippen LogP contribution in [-0.4, -0.2) is 17.0 Å². The number of nitrogens with zero attached hydrogens (tertiary/aromatic N) is 1. The van der Waals surface area contributed by atoms with Crippen molar-refractivity contribution in [2.75, 3.05) is 5.32 Å². The van der Waals surface area contributed by atoms with E-state index in [1.807, 2.05) is 49.4 Å². The molecule has 0 aliphatic heterocycles. The maximum atomic E-state index is 12.7. The van der Waals surface area contributed by atoms with Gasteiger partial charge in [0.1, 0.15) is 11.3 Å². The second-order valence-corrected chi connectivity index (χ2v) is 7.63. The summed E-state index contributed by atoms with van der Waals surface area (Å²) in [5, 5.41) is 3.74. The first-order valence-electron chi connectivity index (χ1n) is 9.30. The molecule has 3 aromatic carbocycles. The highest BCUT2D eigenvalue weighted by Gasteiger charge is 2.19. The summed E-state index contributed by atoms with van der Waals surface area (Å²) < 4.78 is 11.6. The topological polar surface area (TPSA) is 64.4 Å². The number of rotatable bonds is 5. The van der Waals surface area contributed by atoms with Crippen molar-refractivity contribution in [1.29, 1.82) is 0 Å². The van der Waals surface area contributed by atoms with Gasteiger partial charge >= 0.3 is 0 Å². The van der Waals surface area contributed by atoms with E-state index >= 15 is 0 Å². The number of nitrogens with one attached hydrogen (secondary N) is 1. The van der Waals surface area contributed by atoms with Crippen LogP contribution >= 0.6 is 23.2 Å². The zero-order chi connectivity index (χ0) is 21.3. The predicted octanol–water partition coefficient (Wildman–Crippen LogP) is 6.52. The van der Waals surface area contributed by atoms with Crippen LogP contribution < -0.4 is 10.1 Å². The molecule has 4 aromatic rings. The fraction of sp³-hybridized carbons (Fsp3) is 0.130. The number of benzene rings is 3. The fourth-order valence-corrected chi connectivity index (χ4v) is 3.49. The van der Waals surface area contributed by atoms with Gasteiger partial charge < -0.3 is 14.5 Å². The molecule has 4 rings (SSSR count). The van der Waals surface area contributed by atoms with Gasteiger partial charge in [0, 0.05) is 16.3 Å². The highest BCUT2D eigenvalue weighted by atomic mass is 35.5. The summed E-state index contributed by atoms with van der Waals surface area (Å²) in [5.41, 5.74) is 3.79. The zero-order valence-corrected chi connectivity index (χ0v) is 17.8. The van der Waals surface area contributed by atoms with Crippen LogP contribution in [0.4, 0.5) is 5.69 Å². The van der Waals surface area contributed by atoms with Gasteiger partial charge in [-0.15, -0.1) is 0 Å². The molecular weight excluding hydrogens is 423 g/mol. The van der Waals surface area contributed by atoms with Crippen LogP contribution in [0.25, 0.3) is 22.6 Å². The summed E-state index contributed by atoms with van der Waals surface area (Å²) in [6.07, 6.45) is -0.768. The number of amides is 1. The van der Waals surface area contributed by atoms with Gasteiger partial charge in [-0.05, 0) is 61.9 Å². The molecule has 1 atom stereocenters. The quantitative estimate of drug-likeness (QED) is 0.383. The van der Waals surface area contributed by atoms with Gasteiger partial charge in [-0.2, -0.15) is 0 Å². The molecule has 1 N–H and O–H groups in total. The second-order valence-electron chi connectivity index (χ2n) is 6.79. The molecule has 0 saturated heterocycles. The number of oxazole rings is 1. The number of carbonyl (C=O) groups is 1. The smallest absolute Gasteiger partial charge is 0.265 e. The van der Waals surface area contributed by atoms with Gasteiger partial charge in [-0.1, -0.05) is 41.4 Å². The van der Waals surface area contributed by atoms with E-state index in [0.29, 0.717) is 33.0 Å². The van der Waals surface area contributed by atoms with Gasteiger partial charge in [0.2, 0.25) is 5.89 Å². The molecular formula is C23H18Cl2N2O3. The van der Waals surface area contributed by atoms with Crippen LogP contribution in [-0.2, 0) is 4.79 Å². The van der Waals surface area contributed by atoms with E-state index in [9.17, 15) is 4.79 Å². The summed E-state index contributed by atoms with van der Waals surface area (Å²) in [6.45, 7) is 3.56. The molecule has 1 amide bonds. The number of fused-ring (bicyclic) bond motifs is 1. The highest BCUT2D eigenvalue weighted by Crippen LogP contribution is 2.31. The Labute approximate surface area is 183 Å². The Bertz CT molecular complexity index is 1200. The van der Waals surface area contributed by atoms with Crippen LogP contribution in [0.15, 0.2) is 65.1 Å². The molecule has 0 aliphatic rings. The summed E-state index contributed by atoms with van der Waals surface area (Å²) in [6, 6.07) is 18.0. The molecule has 0 saturated carbocycles. The van der Waals surface area contributed by atoms with E-state index in [2.05, 4.69) is 10.3 Å². The number of hydrogen-bond donors (Lipinski definition) is 1. The molecule has 0 radical (unpaired) electrons. The minimum atomic E-state index is -0.768. The molecule has 7 heteroatoms. The van der Waals surface area contributed by atoms with Crippen molar-refractivity contribution >= 4 is 45.9 Å². The van der Waals surface area contributed by atoms with Crippen LogP contribution in [0.2, 0.25) is 10.0 Å². The van der Waals surface area contributed by atoms with Gasteiger partial charge in [0.15, 0.2) is 11.7 Å². The lowest BCUT2D eigenvalue weighted by Gasteiger charge is -2.17. The Morgan fingerprint density at radius 3 is 2.67 bits per heavy atom. The van der Waals surface area contributed by atoms with E-state index in [1.165, 1.54) is 0 Å². The molecule has 0 fully saturated rings. The van der Waals surface area contributed by atoms with E-state index in [0.717, 1.165) is 16.6 Å². The molecule has 0 spiro atoms. The predicted molar refractivity (Wildman–Crippen MR) is 119 cm³/mol. The van der Waals surface area contributed by atoms with Crippen molar-refractivity contribution in [3.63, 3.8) is 0 Å². The largest absolute Gasteiger partial charge is 0.479 e. The minimum Gasteiger partial charge on any atom is -0.479 e. The molecule has 1 aromatic heterocycles. The third-order valence-corrected chi connectivity index (χ3v) is 5.21. The van der Waals surface area contributed by atoms with E-state index in [4.69, 9.17) is 32.4 Å². The van der Waals surface area contributed by atoms with Crippen molar-refractivity contribution < 1.29 is 13.9 Å². The first-order chi connectivity index (χ1) is 14.4. The van der Waals surface area contributed by atoms with Crippen LogP contribution in [0.1, 0.15) is 12.5 Å². The summed E-state index contributed by atoms with van der Waals surface area (Å²) in [7, 11) is 0. The molecule has 1 unspecified atom stereocenters. The molecule has 1 heterocycles. The number of aromatic nitrogens is 1.